The summed E-state index contributed by atoms with van der Waals surface area (Å²) in [5.74, 6) is 0.254. The van der Waals surface area contributed by atoms with Crippen LogP contribution >= 0.6 is 0 Å². The van der Waals surface area contributed by atoms with Crippen molar-refractivity contribution in [2.24, 2.45) is 0 Å². The monoisotopic (exact) mass is 224 g/mol. The fourth-order valence-corrected chi connectivity index (χ4v) is 1.08. The van der Waals surface area contributed by atoms with Crippen LogP contribution in [0.15, 0.2) is 6.20 Å². The third-order valence-corrected chi connectivity index (χ3v) is 1.83. The molecule has 0 aliphatic rings. The van der Waals surface area contributed by atoms with Crippen molar-refractivity contribution in [3.05, 3.63) is 11.8 Å². The second-order valence-electron chi connectivity index (χ2n) is 3.10. The molecule has 0 aliphatic heterocycles. The first-order valence-corrected chi connectivity index (χ1v) is 4.17. The summed E-state index contributed by atoms with van der Waals surface area (Å²) in [6.07, 6.45) is -5.66. The number of hydrogen-bond donors (Lipinski definition) is 1. The highest BCUT2D eigenvalue weighted by Crippen LogP contribution is 2.22. The zero-order valence-electron chi connectivity index (χ0n) is 8.25. The zero-order valence-corrected chi connectivity index (χ0v) is 8.25. The molecular formula is C8H11F3N2O2. The molecule has 1 N–H and O–H groups in total. The summed E-state index contributed by atoms with van der Waals surface area (Å²) in [6, 6.07) is 0. The Balaban J connectivity index is 2.73. The van der Waals surface area contributed by atoms with E-state index >= 15 is 0 Å². The first-order valence-electron chi connectivity index (χ1n) is 4.17. The Morgan fingerprint density at radius 1 is 1.60 bits per heavy atom. The van der Waals surface area contributed by atoms with Gasteiger partial charge in [0.1, 0.15) is 0 Å². The summed E-state index contributed by atoms with van der Waals surface area (Å²) >= 11 is 0. The maximum absolute atomic E-state index is 12.0. The largest absolute Gasteiger partial charge is 0.480 e. The number of methoxy groups -OCH3 is 1. The van der Waals surface area contributed by atoms with Crippen LogP contribution in [-0.4, -0.2) is 34.3 Å². The molecule has 0 saturated carbocycles. The van der Waals surface area contributed by atoms with E-state index in [1.54, 1.807) is 6.92 Å². The van der Waals surface area contributed by atoms with Crippen LogP contribution in [0.25, 0.3) is 0 Å². The van der Waals surface area contributed by atoms with Crippen molar-refractivity contribution >= 4 is 0 Å². The number of hydrogen-bond acceptors (Lipinski definition) is 3. The standard InChI is InChI=1S/C8H11F3N2O2/c1-5-3-13(12-7(5)15-2)4-6(14)8(9,10)11/h3,6,14H,4H2,1-2H3. The lowest BCUT2D eigenvalue weighted by atomic mass is 10.3. The first-order chi connectivity index (χ1) is 6.84. The van der Waals surface area contributed by atoms with Crippen LogP contribution in [0.4, 0.5) is 13.2 Å². The molecule has 0 fully saturated rings. The van der Waals surface area contributed by atoms with Gasteiger partial charge in [-0.1, -0.05) is 0 Å². The molecule has 7 heteroatoms. The Bertz CT molecular complexity index is 335. The maximum Gasteiger partial charge on any atom is 0.416 e. The van der Waals surface area contributed by atoms with Crippen molar-refractivity contribution < 1.29 is 23.0 Å². The number of aliphatic hydroxyl groups is 1. The van der Waals surface area contributed by atoms with Crippen molar-refractivity contribution in [2.75, 3.05) is 7.11 Å². The highest BCUT2D eigenvalue weighted by atomic mass is 19.4. The van der Waals surface area contributed by atoms with E-state index in [9.17, 15) is 13.2 Å². The fraction of sp³-hybridized carbons (Fsp3) is 0.625. The van der Waals surface area contributed by atoms with E-state index in [0.717, 1.165) is 4.68 Å². The SMILES string of the molecule is COc1nn(CC(O)C(F)(F)F)cc1C. The number of ether oxygens (including phenoxy) is 1. The zero-order chi connectivity index (χ0) is 11.6. The fourth-order valence-electron chi connectivity index (χ4n) is 1.08. The number of rotatable bonds is 3. The molecule has 1 heterocycles. The van der Waals surface area contributed by atoms with Gasteiger partial charge in [0.2, 0.25) is 5.88 Å². The van der Waals surface area contributed by atoms with Crippen molar-refractivity contribution in [3.63, 3.8) is 0 Å². The first kappa shape index (κ1) is 11.8. The molecule has 15 heavy (non-hydrogen) atoms. The van der Waals surface area contributed by atoms with Gasteiger partial charge in [0.25, 0.3) is 0 Å². The molecule has 1 atom stereocenters. The molecule has 86 valence electrons. The number of alkyl halides is 3. The van der Waals surface area contributed by atoms with E-state index in [4.69, 9.17) is 9.84 Å². The molecule has 0 amide bonds. The van der Waals surface area contributed by atoms with Crippen molar-refractivity contribution in [1.29, 1.82) is 0 Å². The summed E-state index contributed by atoms with van der Waals surface area (Å²) < 4.78 is 41.8. The van der Waals surface area contributed by atoms with Crippen LogP contribution in [0.3, 0.4) is 0 Å². The Labute approximate surface area is 84.3 Å². The normalized spacial score (nSPS) is 14.0. The van der Waals surface area contributed by atoms with Gasteiger partial charge in [-0.05, 0) is 6.92 Å². The average molecular weight is 224 g/mol. The predicted octanol–water partition coefficient (Wildman–Crippen LogP) is 1.12. The van der Waals surface area contributed by atoms with Crippen molar-refractivity contribution in [1.82, 2.24) is 9.78 Å². The Morgan fingerprint density at radius 2 is 2.20 bits per heavy atom. The number of nitrogens with zero attached hydrogens (tertiary/aromatic N) is 2. The predicted molar refractivity (Wildman–Crippen MR) is 45.6 cm³/mol. The van der Waals surface area contributed by atoms with Gasteiger partial charge in [-0.2, -0.15) is 13.2 Å². The number of aromatic nitrogens is 2. The summed E-state index contributed by atoms with van der Waals surface area (Å²) in [5.41, 5.74) is 0.617. The van der Waals surface area contributed by atoms with E-state index in [2.05, 4.69) is 5.10 Å². The maximum atomic E-state index is 12.0. The van der Waals surface area contributed by atoms with Crippen LogP contribution in [0.5, 0.6) is 5.88 Å². The number of aliphatic hydroxyl groups excluding tert-OH is 1. The molecule has 0 spiro atoms. The van der Waals surface area contributed by atoms with Crippen LogP contribution < -0.4 is 4.74 Å². The van der Waals surface area contributed by atoms with E-state index in [0.29, 0.717) is 5.56 Å². The minimum atomic E-state index is -4.63. The molecule has 0 bridgehead atoms. The highest BCUT2D eigenvalue weighted by Gasteiger charge is 2.38. The van der Waals surface area contributed by atoms with Gasteiger partial charge in [-0.15, -0.1) is 5.10 Å². The second kappa shape index (κ2) is 4.09. The molecule has 1 aromatic heterocycles. The van der Waals surface area contributed by atoms with Gasteiger partial charge >= 0.3 is 6.18 Å². The van der Waals surface area contributed by atoms with Gasteiger partial charge in [-0.25, -0.2) is 0 Å². The Hall–Kier alpha value is -1.24. The van der Waals surface area contributed by atoms with Gasteiger partial charge in [0.05, 0.1) is 13.7 Å². The van der Waals surface area contributed by atoms with Crippen LogP contribution in [-0.2, 0) is 6.54 Å². The van der Waals surface area contributed by atoms with Gasteiger partial charge in [0, 0.05) is 11.8 Å². The minimum absolute atomic E-state index is 0.254. The molecular weight excluding hydrogens is 213 g/mol. The van der Waals surface area contributed by atoms with Crippen LogP contribution in [0.1, 0.15) is 5.56 Å². The number of halogens is 3. The molecule has 0 aliphatic carbocycles. The van der Waals surface area contributed by atoms with E-state index < -0.39 is 18.8 Å². The van der Waals surface area contributed by atoms with Crippen LogP contribution in [0.2, 0.25) is 0 Å². The lowest BCUT2D eigenvalue weighted by Gasteiger charge is -2.13. The summed E-state index contributed by atoms with van der Waals surface area (Å²) in [7, 11) is 1.37. The third-order valence-electron chi connectivity index (χ3n) is 1.83. The highest BCUT2D eigenvalue weighted by molar-refractivity contribution is 5.20. The quantitative estimate of drug-likeness (QED) is 0.837. The third kappa shape index (κ3) is 2.85. The number of aryl methyl sites for hydroxylation is 1. The van der Waals surface area contributed by atoms with E-state index in [-0.39, 0.29) is 5.88 Å². The topological polar surface area (TPSA) is 47.3 Å². The minimum Gasteiger partial charge on any atom is -0.480 e. The summed E-state index contributed by atoms with van der Waals surface area (Å²) in [5, 5.41) is 12.5. The smallest absolute Gasteiger partial charge is 0.416 e. The Morgan fingerprint density at radius 3 is 2.60 bits per heavy atom. The molecule has 1 rings (SSSR count). The summed E-state index contributed by atoms with van der Waals surface area (Å²) in [4.78, 5) is 0. The molecule has 1 unspecified atom stereocenters. The van der Waals surface area contributed by atoms with Gasteiger partial charge in [0.15, 0.2) is 6.10 Å². The van der Waals surface area contributed by atoms with Crippen molar-refractivity contribution in [3.8, 4) is 5.88 Å². The lowest BCUT2D eigenvalue weighted by molar-refractivity contribution is -0.208. The van der Waals surface area contributed by atoms with E-state index in [1.807, 2.05) is 0 Å². The Kier molecular flexibility index (Phi) is 3.23. The van der Waals surface area contributed by atoms with Crippen molar-refractivity contribution in [2.45, 2.75) is 25.7 Å². The molecule has 0 saturated heterocycles. The average Bonchev–Trinajstić information content (AvgIpc) is 2.44. The van der Waals surface area contributed by atoms with Gasteiger partial charge < -0.3 is 9.84 Å². The van der Waals surface area contributed by atoms with E-state index in [1.165, 1.54) is 13.3 Å². The molecule has 4 nitrogen and oxygen atoms in total. The van der Waals surface area contributed by atoms with Gasteiger partial charge in [-0.3, -0.25) is 4.68 Å². The summed E-state index contributed by atoms with van der Waals surface area (Å²) in [6.45, 7) is 1.02. The van der Waals surface area contributed by atoms with Crippen LogP contribution in [0, 0.1) is 6.92 Å². The lowest BCUT2D eigenvalue weighted by Crippen LogP contribution is -2.32. The molecule has 0 radical (unpaired) electrons. The second-order valence-corrected chi connectivity index (χ2v) is 3.10. The molecule has 1 aromatic rings. The molecule has 0 aromatic carbocycles.